The molecule has 0 aromatic carbocycles. The van der Waals surface area contributed by atoms with Gasteiger partial charge in [-0.3, -0.25) is 0 Å². The number of anilines is 1. The average Bonchev–Trinajstić information content (AvgIpc) is 2.83. The minimum absolute atomic E-state index is 0.0446. The van der Waals surface area contributed by atoms with Gasteiger partial charge in [-0.1, -0.05) is 5.11 Å². The summed E-state index contributed by atoms with van der Waals surface area (Å²) < 4.78 is 33.7. The van der Waals surface area contributed by atoms with E-state index >= 15 is 0 Å². The highest BCUT2D eigenvalue weighted by Crippen LogP contribution is 2.65. The zero-order valence-electron chi connectivity index (χ0n) is 11.1. The van der Waals surface area contributed by atoms with Crippen molar-refractivity contribution in [1.82, 2.24) is 9.97 Å². The third-order valence-electron chi connectivity index (χ3n) is 4.21. The van der Waals surface area contributed by atoms with E-state index < -0.39 is 35.8 Å². The van der Waals surface area contributed by atoms with E-state index in [0.29, 0.717) is 4.70 Å². The lowest BCUT2D eigenvalue weighted by atomic mass is 10.0. The van der Waals surface area contributed by atoms with E-state index in [1.807, 2.05) is 0 Å². The molecule has 0 radical (unpaired) electrons. The van der Waals surface area contributed by atoms with Gasteiger partial charge in [0.15, 0.2) is 11.8 Å². The van der Waals surface area contributed by atoms with Crippen molar-refractivity contribution >= 4 is 27.4 Å². The van der Waals surface area contributed by atoms with Gasteiger partial charge >= 0.3 is 6.08 Å². The van der Waals surface area contributed by atoms with Gasteiger partial charge in [0.25, 0.3) is 0 Å². The lowest BCUT2D eigenvalue weighted by Crippen LogP contribution is -2.31. The van der Waals surface area contributed by atoms with Crippen LogP contribution >= 0.6 is 11.3 Å². The number of ether oxygens (including phenoxy) is 1. The van der Waals surface area contributed by atoms with Crippen LogP contribution < -0.4 is 5.73 Å². The molecule has 0 amide bonds. The largest absolute Gasteiger partial charge is 0.387 e. The van der Waals surface area contributed by atoms with Gasteiger partial charge in [-0.05, 0) is 10.9 Å². The number of aliphatic hydroxyl groups is 2. The molecular formula is C11H8F2N6O3S. The van der Waals surface area contributed by atoms with E-state index in [-0.39, 0.29) is 16.9 Å². The number of hydrogen-bond acceptors (Lipinski definition) is 8. The molecule has 4 rings (SSSR count). The molecule has 1 saturated carbocycles. The van der Waals surface area contributed by atoms with E-state index in [2.05, 4.69) is 20.0 Å². The van der Waals surface area contributed by atoms with Crippen LogP contribution in [0.2, 0.25) is 0 Å². The van der Waals surface area contributed by atoms with Crippen molar-refractivity contribution < 1.29 is 23.7 Å². The predicted octanol–water partition coefficient (Wildman–Crippen LogP) is 0.934. The normalized spacial score (nSPS) is 38.3. The Hall–Kier alpha value is -2.11. The van der Waals surface area contributed by atoms with E-state index in [9.17, 15) is 19.0 Å². The molecule has 1 aliphatic heterocycles. The Morgan fingerprint density at radius 3 is 2.96 bits per heavy atom. The number of halogens is 2. The molecule has 2 aliphatic rings. The highest BCUT2D eigenvalue weighted by molar-refractivity contribution is 7.17. The van der Waals surface area contributed by atoms with Crippen molar-refractivity contribution in [1.29, 1.82) is 0 Å². The molecule has 2 aromatic rings. The molecular weight excluding hydrogens is 334 g/mol. The molecule has 1 saturated heterocycles. The van der Waals surface area contributed by atoms with Gasteiger partial charge in [-0.2, -0.15) is 9.37 Å². The average molecular weight is 342 g/mol. The number of nitrogen functional groups attached to an aromatic ring is 1. The SMILES string of the molecule is [N-]=[N+]=NC12O[C@@H](c3csc4c(N)nc(F)nc34)[C@H](F)[C@@]1(O)[C@@H]2O. The summed E-state index contributed by atoms with van der Waals surface area (Å²) in [6.07, 6.45) is -6.26. The number of nitrogens with two attached hydrogens (primary N) is 1. The minimum Gasteiger partial charge on any atom is -0.387 e. The molecule has 2 fully saturated rings. The van der Waals surface area contributed by atoms with Crippen molar-refractivity contribution in [3.63, 3.8) is 0 Å². The lowest BCUT2D eigenvalue weighted by molar-refractivity contribution is -0.0540. The predicted molar refractivity (Wildman–Crippen MR) is 73.3 cm³/mol. The summed E-state index contributed by atoms with van der Waals surface area (Å²) in [5.41, 5.74) is 9.86. The molecule has 0 bridgehead atoms. The van der Waals surface area contributed by atoms with Gasteiger partial charge in [-0.15, -0.1) is 11.3 Å². The molecule has 23 heavy (non-hydrogen) atoms. The van der Waals surface area contributed by atoms with Gasteiger partial charge in [0, 0.05) is 10.5 Å². The van der Waals surface area contributed by atoms with Crippen LogP contribution in [-0.2, 0) is 4.74 Å². The Morgan fingerprint density at radius 2 is 2.26 bits per heavy atom. The molecule has 120 valence electrons. The van der Waals surface area contributed by atoms with Crippen LogP contribution in [-0.4, -0.2) is 43.8 Å². The number of rotatable bonds is 2. The highest BCUT2D eigenvalue weighted by Gasteiger charge is 2.88. The van der Waals surface area contributed by atoms with Crippen molar-refractivity contribution in [2.75, 3.05) is 5.73 Å². The van der Waals surface area contributed by atoms with Crippen molar-refractivity contribution in [2.24, 2.45) is 5.11 Å². The van der Waals surface area contributed by atoms with Crippen molar-refractivity contribution in [2.45, 2.75) is 29.7 Å². The van der Waals surface area contributed by atoms with Gasteiger partial charge < -0.3 is 20.7 Å². The monoisotopic (exact) mass is 342 g/mol. The Bertz CT molecular complexity index is 888. The highest BCUT2D eigenvalue weighted by atomic mass is 32.1. The van der Waals surface area contributed by atoms with Crippen LogP contribution in [0.4, 0.5) is 14.6 Å². The van der Waals surface area contributed by atoms with E-state index in [4.69, 9.17) is 16.0 Å². The Balaban J connectivity index is 1.83. The van der Waals surface area contributed by atoms with Gasteiger partial charge in [0.1, 0.15) is 18.0 Å². The van der Waals surface area contributed by atoms with E-state index in [1.165, 1.54) is 5.38 Å². The fourth-order valence-corrected chi connectivity index (χ4v) is 3.92. The Kier molecular flexibility index (Phi) is 2.67. The zero-order chi connectivity index (χ0) is 16.6. The van der Waals surface area contributed by atoms with Gasteiger partial charge in [-0.25, -0.2) is 9.37 Å². The Morgan fingerprint density at radius 1 is 1.52 bits per heavy atom. The molecule has 3 heterocycles. The quantitative estimate of drug-likeness (QED) is 0.320. The first-order chi connectivity index (χ1) is 10.9. The topological polar surface area (TPSA) is 150 Å². The molecule has 5 atom stereocenters. The molecule has 4 N–H and O–H groups in total. The lowest BCUT2D eigenvalue weighted by Gasteiger charge is -2.18. The number of hydrogen-bond donors (Lipinski definition) is 3. The standard InChI is InChI=1S/C11H8F2N6O3S/c12-6-4(22-11(18-19-15)8(20)10(6,11)21)2-1-23-5-3(2)16-9(13)17-7(5)14/h1,4,6,8,20-21H,(H2,14,16,17)/t4-,6-,8-,10+,11?/m0/s1. The summed E-state index contributed by atoms with van der Waals surface area (Å²) in [6, 6.07) is 0. The maximum absolute atomic E-state index is 14.6. The number of azide groups is 1. The second-order valence-electron chi connectivity index (χ2n) is 5.30. The van der Waals surface area contributed by atoms with E-state index in [0.717, 1.165) is 11.3 Å². The fraction of sp³-hybridized carbons (Fsp3) is 0.455. The summed E-state index contributed by atoms with van der Waals surface area (Å²) in [5, 5.41) is 24.5. The summed E-state index contributed by atoms with van der Waals surface area (Å²) in [4.78, 5) is 9.44. The van der Waals surface area contributed by atoms with Crippen LogP contribution in [0, 0.1) is 6.08 Å². The summed E-state index contributed by atoms with van der Waals surface area (Å²) in [6.45, 7) is 0. The molecule has 1 unspecified atom stereocenters. The third-order valence-corrected chi connectivity index (χ3v) is 5.22. The first-order valence-corrected chi connectivity index (χ1v) is 7.23. The summed E-state index contributed by atoms with van der Waals surface area (Å²) >= 11 is 1.06. The number of thiophene rings is 1. The first kappa shape index (κ1) is 14.5. The Labute approximate surface area is 130 Å². The maximum Gasteiger partial charge on any atom is 0.311 e. The molecule has 9 nitrogen and oxygen atoms in total. The molecule has 2 aromatic heterocycles. The van der Waals surface area contributed by atoms with Gasteiger partial charge in [0.2, 0.25) is 5.72 Å². The number of alkyl halides is 1. The third kappa shape index (κ3) is 1.51. The molecule has 0 spiro atoms. The second-order valence-corrected chi connectivity index (χ2v) is 6.18. The first-order valence-electron chi connectivity index (χ1n) is 6.35. The van der Waals surface area contributed by atoms with Crippen molar-refractivity contribution in [3.8, 4) is 0 Å². The zero-order valence-corrected chi connectivity index (χ0v) is 11.9. The van der Waals surface area contributed by atoms with Crippen molar-refractivity contribution in [3.05, 3.63) is 27.5 Å². The minimum atomic E-state index is -2.35. The van der Waals surface area contributed by atoms with Gasteiger partial charge in [0.05, 0.1) is 10.2 Å². The number of fused-ring (bicyclic) bond motifs is 2. The summed E-state index contributed by atoms with van der Waals surface area (Å²) in [5.74, 6) is -0.106. The van der Waals surface area contributed by atoms with Crippen LogP contribution in [0.3, 0.4) is 0 Å². The molecule has 12 heteroatoms. The smallest absolute Gasteiger partial charge is 0.311 e. The summed E-state index contributed by atoms with van der Waals surface area (Å²) in [7, 11) is 0. The van der Waals surface area contributed by atoms with Crippen LogP contribution in [0.25, 0.3) is 20.7 Å². The number of aromatic nitrogens is 2. The fourth-order valence-electron chi connectivity index (χ4n) is 2.99. The van der Waals surface area contributed by atoms with Crippen LogP contribution in [0.15, 0.2) is 10.5 Å². The van der Waals surface area contributed by atoms with E-state index in [1.54, 1.807) is 0 Å². The number of nitrogens with zero attached hydrogens (tertiary/aromatic N) is 5. The second kappa shape index (κ2) is 4.24. The van der Waals surface area contributed by atoms with Crippen LogP contribution in [0.1, 0.15) is 11.7 Å². The molecule has 1 aliphatic carbocycles. The maximum atomic E-state index is 14.6. The number of aliphatic hydroxyl groups excluding tert-OH is 1. The van der Waals surface area contributed by atoms with Crippen LogP contribution in [0.5, 0.6) is 0 Å².